The maximum atomic E-state index is 13.7. The zero-order chi connectivity index (χ0) is 36.1. The number of carboxylic acid groups (broad SMARTS) is 1. The Morgan fingerprint density at radius 3 is 1.71 bits per heavy atom. The van der Waals surface area contributed by atoms with E-state index in [1.807, 2.05) is 12.5 Å². The van der Waals surface area contributed by atoms with E-state index in [2.05, 4.69) is 33.9 Å². The first-order valence-corrected chi connectivity index (χ1v) is 19.9. The number of carbonyl (C=O) groups excluding carboxylic acids is 5. The Bertz CT molecular complexity index is 1040. The normalized spacial score (nSPS) is 17.5. The van der Waals surface area contributed by atoms with Crippen LogP contribution in [0, 0.1) is 0 Å². The number of thioether (sulfide) groups is 2. The van der Waals surface area contributed by atoms with Gasteiger partial charge in [-0.1, -0.05) is 6.42 Å². The zero-order valence-electron chi connectivity index (χ0n) is 28.1. The number of nitrogens with two attached hydrogens (primary N) is 3. The first kappa shape index (κ1) is 43.8. The number of likely N-dealkylation sites (tertiary alicyclic amines) is 1. The summed E-state index contributed by atoms with van der Waals surface area (Å²) in [5.41, 5.74) is 17.4. The molecular weight excluding hydrogens is 681 g/mol. The predicted octanol–water partition coefficient (Wildman–Crippen LogP) is -0.977. The molecule has 48 heavy (non-hydrogen) atoms. The lowest BCUT2D eigenvalue weighted by Gasteiger charge is -2.29. The smallest absolute Gasteiger partial charge is 0.327 e. The van der Waals surface area contributed by atoms with Crippen LogP contribution in [0.1, 0.15) is 64.2 Å². The molecule has 0 radical (unpaired) electrons. The Morgan fingerprint density at radius 1 is 0.771 bits per heavy atom. The number of hydrogen-bond acceptors (Lipinski definition) is 12. The maximum Gasteiger partial charge on any atom is 0.327 e. The fourth-order valence-corrected chi connectivity index (χ4v) is 6.38. The molecule has 1 aliphatic rings. The van der Waals surface area contributed by atoms with Gasteiger partial charge in [-0.05, 0) is 94.9 Å². The predicted molar refractivity (Wildman–Crippen MR) is 194 cm³/mol. The number of hydrogen-bond donors (Lipinski definition) is 9. The van der Waals surface area contributed by atoms with Crippen LogP contribution in [0.15, 0.2) is 0 Å². The van der Waals surface area contributed by atoms with Crippen molar-refractivity contribution in [3.8, 4) is 0 Å². The van der Waals surface area contributed by atoms with Crippen molar-refractivity contribution >= 4 is 71.7 Å². The molecule has 6 atom stereocenters. The molecule has 1 heterocycles. The van der Waals surface area contributed by atoms with Gasteiger partial charge in [-0.2, -0.15) is 36.2 Å². The molecule has 1 aliphatic heterocycles. The van der Waals surface area contributed by atoms with Crippen molar-refractivity contribution in [2.75, 3.05) is 49.4 Å². The topological polar surface area (TPSA) is 252 Å². The van der Waals surface area contributed by atoms with E-state index in [0.717, 1.165) is 6.42 Å². The SMILES string of the molecule is CSCC[C@H](NC(=O)[C@H](CCSC)NC(=O)[C@H](CCCCN)NC(=O)[C@@H]1CCCN1C(=O)[C@@H](N)CCCCN)C(=O)N[C@@H](CS)C(=O)O. The second-order valence-electron chi connectivity index (χ2n) is 11.7. The highest BCUT2D eigenvalue weighted by Crippen LogP contribution is 2.20. The monoisotopic (exact) mass is 736 g/mol. The van der Waals surface area contributed by atoms with Gasteiger partial charge in [-0.25, -0.2) is 4.79 Å². The lowest BCUT2D eigenvalue weighted by Crippen LogP contribution is -2.59. The van der Waals surface area contributed by atoms with E-state index in [9.17, 15) is 33.9 Å². The number of amides is 5. The third kappa shape index (κ3) is 15.5. The summed E-state index contributed by atoms with van der Waals surface area (Å²) in [6, 6.07) is -5.86. The fourth-order valence-electron chi connectivity index (χ4n) is 5.19. The van der Waals surface area contributed by atoms with Crippen molar-refractivity contribution in [2.45, 2.75) is 100 Å². The molecule has 5 amide bonds. The van der Waals surface area contributed by atoms with E-state index in [0.29, 0.717) is 69.7 Å². The van der Waals surface area contributed by atoms with Crippen molar-refractivity contribution in [3.63, 3.8) is 0 Å². The molecule has 0 aromatic carbocycles. The van der Waals surface area contributed by atoms with Crippen LogP contribution in [0.25, 0.3) is 0 Å². The summed E-state index contributed by atoms with van der Waals surface area (Å²) in [4.78, 5) is 79.7. The molecule has 1 saturated heterocycles. The Labute approximate surface area is 297 Å². The summed E-state index contributed by atoms with van der Waals surface area (Å²) in [6.07, 6.45) is 8.49. The van der Waals surface area contributed by atoms with Crippen LogP contribution in [0.2, 0.25) is 0 Å². The van der Waals surface area contributed by atoms with Gasteiger partial charge in [0.05, 0.1) is 6.04 Å². The number of carboxylic acids is 1. The summed E-state index contributed by atoms with van der Waals surface area (Å²) < 4.78 is 0. The minimum atomic E-state index is -1.25. The molecule has 0 aromatic rings. The molecule has 276 valence electrons. The summed E-state index contributed by atoms with van der Waals surface area (Å²) in [7, 11) is 0. The molecule has 15 nitrogen and oxygen atoms in total. The molecule has 18 heteroatoms. The number of nitrogens with zero attached hydrogens (tertiary/aromatic N) is 1. The van der Waals surface area contributed by atoms with Crippen molar-refractivity contribution in [2.24, 2.45) is 17.2 Å². The minimum Gasteiger partial charge on any atom is -0.480 e. The van der Waals surface area contributed by atoms with Crippen LogP contribution in [-0.4, -0.2) is 131 Å². The Hall–Kier alpha value is -2.25. The lowest BCUT2D eigenvalue weighted by atomic mass is 10.1. The average molecular weight is 737 g/mol. The van der Waals surface area contributed by atoms with Crippen molar-refractivity contribution in [1.82, 2.24) is 26.2 Å². The van der Waals surface area contributed by atoms with Gasteiger partial charge in [0.2, 0.25) is 29.5 Å². The van der Waals surface area contributed by atoms with Gasteiger partial charge in [0.1, 0.15) is 30.2 Å². The molecule has 0 aliphatic carbocycles. The number of aliphatic carboxylic acids is 1. The van der Waals surface area contributed by atoms with Gasteiger partial charge in [0.15, 0.2) is 0 Å². The maximum absolute atomic E-state index is 13.7. The molecule has 0 spiro atoms. The van der Waals surface area contributed by atoms with Crippen molar-refractivity contribution in [1.29, 1.82) is 0 Å². The van der Waals surface area contributed by atoms with E-state index in [1.54, 1.807) is 0 Å². The summed E-state index contributed by atoms with van der Waals surface area (Å²) in [6.45, 7) is 1.28. The van der Waals surface area contributed by atoms with Gasteiger partial charge >= 0.3 is 5.97 Å². The van der Waals surface area contributed by atoms with E-state index in [1.165, 1.54) is 28.4 Å². The van der Waals surface area contributed by atoms with E-state index in [-0.39, 0.29) is 30.9 Å². The zero-order valence-corrected chi connectivity index (χ0v) is 30.6. The molecule has 0 bridgehead atoms. The first-order chi connectivity index (χ1) is 22.9. The van der Waals surface area contributed by atoms with Gasteiger partial charge in [0.25, 0.3) is 0 Å². The summed E-state index contributed by atoms with van der Waals surface area (Å²) >= 11 is 6.91. The van der Waals surface area contributed by atoms with Crippen molar-refractivity contribution in [3.05, 3.63) is 0 Å². The molecule has 0 unspecified atom stereocenters. The number of unbranched alkanes of at least 4 members (excludes halogenated alkanes) is 2. The van der Waals surface area contributed by atoms with Gasteiger partial charge in [0, 0.05) is 12.3 Å². The molecule has 11 N–H and O–H groups in total. The quantitative estimate of drug-likeness (QED) is 0.0405. The van der Waals surface area contributed by atoms with Crippen molar-refractivity contribution < 1.29 is 33.9 Å². The first-order valence-electron chi connectivity index (χ1n) is 16.4. The largest absolute Gasteiger partial charge is 0.480 e. The number of nitrogens with one attached hydrogen (secondary N) is 4. The molecule has 1 fully saturated rings. The summed E-state index contributed by atoms with van der Waals surface area (Å²) in [5, 5.41) is 20.0. The van der Waals surface area contributed by atoms with Crippen LogP contribution >= 0.6 is 36.2 Å². The van der Waals surface area contributed by atoms with E-state index in [4.69, 9.17) is 17.2 Å². The van der Waals surface area contributed by atoms with E-state index < -0.39 is 65.8 Å². The van der Waals surface area contributed by atoms with Crippen LogP contribution in [0.3, 0.4) is 0 Å². The highest BCUT2D eigenvalue weighted by atomic mass is 32.2. The van der Waals surface area contributed by atoms with Crippen LogP contribution in [0.4, 0.5) is 0 Å². The molecule has 0 aromatic heterocycles. The standard InChI is InChI=1S/C30H56N8O7S3/c1-47-16-11-21(26(40)35-22(12-17-48-2)27(41)37-23(18-46)30(44)45)34-25(39)20(9-4-6-14-32)36-28(42)24-10-7-15-38(24)29(43)19(33)8-3-5-13-31/h19-24,46H,3-18,31-33H2,1-2H3,(H,34,39)(H,35,40)(H,36,42)(H,37,41)(H,44,45)/t19-,20-,21-,22-,23-,24-/m0/s1. The second-order valence-corrected chi connectivity index (χ2v) is 14.0. The third-order valence-corrected chi connectivity index (χ3v) is 9.64. The fraction of sp³-hybridized carbons (Fsp3) is 0.800. The average Bonchev–Trinajstić information content (AvgIpc) is 3.56. The second kappa shape index (κ2) is 24.8. The van der Waals surface area contributed by atoms with Gasteiger partial charge < -0.3 is 48.5 Å². The number of carbonyl (C=O) groups is 6. The van der Waals surface area contributed by atoms with Gasteiger partial charge in [-0.15, -0.1) is 0 Å². The minimum absolute atomic E-state index is 0.137. The van der Waals surface area contributed by atoms with E-state index >= 15 is 0 Å². The number of thiol groups is 1. The Kier molecular flexibility index (Phi) is 22.6. The molecule has 0 saturated carbocycles. The van der Waals surface area contributed by atoms with Crippen LogP contribution in [-0.2, 0) is 28.8 Å². The number of rotatable bonds is 25. The lowest BCUT2D eigenvalue weighted by molar-refractivity contribution is -0.141. The Balaban J connectivity index is 3.11. The van der Waals surface area contributed by atoms with Gasteiger partial charge in [-0.3, -0.25) is 24.0 Å². The van der Waals surface area contributed by atoms with Crippen LogP contribution < -0.4 is 38.5 Å². The van der Waals surface area contributed by atoms with Crippen LogP contribution in [0.5, 0.6) is 0 Å². The summed E-state index contributed by atoms with van der Waals surface area (Å²) in [5.74, 6) is -3.02. The highest BCUT2D eigenvalue weighted by Gasteiger charge is 2.38. The Morgan fingerprint density at radius 2 is 1.25 bits per heavy atom. The highest BCUT2D eigenvalue weighted by molar-refractivity contribution is 7.98. The molecular formula is C30H56N8O7S3. The third-order valence-electron chi connectivity index (χ3n) is 7.99. The molecule has 1 rings (SSSR count).